The van der Waals surface area contributed by atoms with Crippen LogP contribution < -0.4 is 0 Å². The second-order valence-electron chi connectivity index (χ2n) is 7.79. The molecule has 0 aliphatic carbocycles. The van der Waals surface area contributed by atoms with Crippen LogP contribution in [-0.2, 0) is 16.7 Å². The molecule has 0 bridgehead atoms. The van der Waals surface area contributed by atoms with Gasteiger partial charge in [0, 0.05) is 30.1 Å². The molecule has 0 saturated carbocycles. The predicted octanol–water partition coefficient (Wildman–Crippen LogP) is 5.79. The fraction of sp³-hybridized carbons (Fsp3) is 0.632. The molecule has 1 atom stereocenters. The van der Waals surface area contributed by atoms with Crippen molar-refractivity contribution < 1.29 is 4.74 Å². The molecule has 1 aromatic heterocycles. The van der Waals surface area contributed by atoms with Gasteiger partial charge in [-0.3, -0.25) is 0 Å². The number of benzene rings is 1. The molecular formula is C19H27ClN2OS. The summed E-state index contributed by atoms with van der Waals surface area (Å²) in [5.41, 5.74) is 2.29. The number of aromatic nitrogens is 2. The fourth-order valence-corrected chi connectivity index (χ4v) is 4.05. The van der Waals surface area contributed by atoms with Crippen molar-refractivity contribution in [2.75, 3.05) is 13.2 Å². The molecule has 3 rings (SSSR count). The zero-order valence-electron chi connectivity index (χ0n) is 14.8. The molecule has 24 heavy (non-hydrogen) atoms. The maximum absolute atomic E-state index is 5.92. The maximum atomic E-state index is 5.92. The van der Waals surface area contributed by atoms with Crippen LogP contribution in [0.4, 0.5) is 0 Å². The monoisotopic (exact) mass is 366 g/mol. The summed E-state index contributed by atoms with van der Waals surface area (Å²) in [5.74, 6) is 1.82. The summed E-state index contributed by atoms with van der Waals surface area (Å²) in [7, 11) is 7.17. The van der Waals surface area contributed by atoms with Crippen LogP contribution in [0.15, 0.2) is 23.1 Å². The zero-order valence-corrected chi connectivity index (χ0v) is 16.4. The summed E-state index contributed by atoms with van der Waals surface area (Å²) in [6.07, 6.45) is 4.86. The molecule has 1 saturated heterocycles. The van der Waals surface area contributed by atoms with E-state index in [2.05, 4.69) is 43.5 Å². The van der Waals surface area contributed by atoms with Gasteiger partial charge in [0.2, 0.25) is 0 Å². The van der Waals surface area contributed by atoms with Crippen molar-refractivity contribution in [3.8, 4) is 0 Å². The van der Waals surface area contributed by atoms with E-state index in [1.807, 2.05) is 0 Å². The lowest BCUT2D eigenvalue weighted by molar-refractivity contribution is 0.0966. The van der Waals surface area contributed by atoms with Crippen molar-refractivity contribution >= 4 is 32.7 Å². The molecule has 1 fully saturated rings. The Kier molecular flexibility index (Phi) is 5.78. The number of hydrogen-bond acceptors (Lipinski definition) is 3. The smallest absolute Gasteiger partial charge is 0.115 e. The summed E-state index contributed by atoms with van der Waals surface area (Å²) in [5, 5.41) is 0. The molecule has 1 unspecified atom stereocenters. The van der Waals surface area contributed by atoms with E-state index in [1.165, 1.54) is 35.8 Å². The van der Waals surface area contributed by atoms with Gasteiger partial charge in [0.05, 0.1) is 11.0 Å². The van der Waals surface area contributed by atoms with Crippen molar-refractivity contribution in [3.63, 3.8) is 0 Å². The third-order valence-electron chi connectivity index (χ3n) is 4.74. The molecule has 2 aromatic rings. The highest BCUT2D eigenvalue weighted by atomic mass is 35.7. The minimum Gasteiger partial charge on any atom is -0.381 e. The van der Waals surface area contributed by atoms with Crippen molar-refractivity contribution in [3.05, 3.63) is 24.0 Å². The molecule has 132 valence electrons. The van der Waals surface area contributed by atoms with Crippen molar-refractivity contribution in [2.24, 2.45) is 5.92 Å². The number of fused-ring (bicyclic) bond motifs is 1. The minimum atomic E-state index is 0.0193. The van der Waals surface area contributed by atoms with E-state index in [4.69, 9.17) is 20.4 Å². The van der Waals surface area contributed by atoms with Gasteiger partial charge in [-0.15, -0.1) is 0 Å². The number of rotatable bonds is 3. The summed E-state index contributed by atoms with van der Waals surface area (Å²) in [4.78, 5) is 6.01. The molecule has 2 heterocycles. The topological polar surface area (TPSA) is 27.1 Å². The Bertz CT molecular complexity index is 684. The largest absolute Gasteiger partial charge is 0.381 e. The van der Waals surface area contributed by atoms with E-state index in [9.17, 15) is 0 Å². The van der Waals surface area contributed by atoms with Crippen molar-refractivity contribution in [2.45, 2.75) is 63.3 Å². The normalized spacial score (nSPS) is 20.1. The number of imidazole rings is 1. The lowest BCUT2D eigenvalue weighted by atomic mass is 9.94. The molecule has 5 heteroatoms. The number of hydrogen-bond donors (Lipinski definition) is 0. The van der Waals surface area contributed by atoms with Gasteiger partial charge in [-0.2, -0.15) is 0 Å². The predicted molar refractivity (Wildman–Crippen MR) is 103 cm³/mol. The average molecular weight is 367 g/mol. The summed E-state index contributed by atoms with van der Waals surface area (Å²) < 4.78 is 8.13. The molecule has 0 amide bonds. The number of ether oxygens (including phenoxy) is 1. The Balaban J connectivity index is 1.97. The van der Waals surface area contributed by atoms with Gasteiger partial charge in [0.25, 0.3) is 0 Å². The first-order chi connectivity index (χ1) is 11.5. The lowest BCUT2D eigenvalue weighted by Gasteiger charge is -2.25. The van der Waals surface area contributed by atoms with Gasteiger partial charge in [-0.05, 0) is 65.0 Å². The molecule has 1 aliphatic heterocycles. The summed E-state index contributed by atoms with van der Waals surface area (Å²) in [6.45, 7) is 9.55. The van der Waals surface area contributed by atoms with Crippen LogP contribution >= 0.6 is 21.7 Å². The van der Waals surface area contributed by atoms with E-state index in [1.54, 1.807) is 0 Å². The average Bonchev–Trinajstić information content (AvgIpc) is 2.87. The van der Waals surface area contributed by atoms with Crippen molar-refractivity contribution in [1.82, 2.24) is 9.55 Å². The first kappa shape index (κ1) is 18.1. The Labute approximate surface area is 153 Å². The van der Waals surface area contributed by atoms with Gasteiger partial charge in [0.15, 0.2) is 0 Å². The second kappa shape index (κ2) is 7.67. The van der Waals surface area contributed by atoms with Gasteiger partial charge >= 0.3 is 0 Å². The quantitative estimate of drug-likeness (QED) is 0.688. The Morgan fingerprint density at radius 1 is 1.25 bits per heavy atom. The third-order valence-corrected chi connectivity index (χ3v) is 5.71. The van der Waals surface area contributed by atoms with Crippen molar-refractivity contribution in [1.29, 1.82) is 0 Å². The van der Waals surface area contributed by atoms with Gasteiger partial charge < -0.3 is 9.30 Å². The first-order valence-corrected chi connectivity index (χ1v) is 10.5. The van der Waals surface area contributed by atoms with E-state index in [0.717, 1.165) is 42.4 Å². The first-order valence-electron chi connectivity index (χ1n) is 8.86. The highest BCUT2D eigenvalue weighted by molar-refractivity contribution is 8.21. The summed E-state index contributed by atoms with van der Waals surface area (Å²) in [6, 6.07) is 6.35. The van der Waals surface area contributed by atoms with Gasteiger partial charge in [-0.25, -0.2) is 4.98 Å². The molecule has 3 nitrogen and oxygen atoms in total. The number of nitrogens with zero attached hydrogens (tertiary/aromatic N) is 2. The van der Waals surface area contributed by atoms with E-state index in [-0.39, 0.29) is 5.41 Å². The zero-order chi connectivity index (χ0) is 17.2. The Morgan fingerprint density at radius 2 is 2.08 bits per heavy atom. The van der Waals surface area contributed by atoms with Crippen LogP contribution in [0.2, 0.25) is 0 Å². The fourth-order valence-electron chi connectivity index (χ4n) is 3.49. The SMILES string of the molecule is CC(C)(C)c1nc2cc(SCl)ccc2n1CC1CCCCOCC1. The molecule has 1 aliphatic rings. The third kappa shape index (κ3) is 4.09. The van der Waals surface area contributed by atoms with Crippen LogP contribution in [0.1, 0.15) is 52.3 Å². The number of halogens is 1. The Hall–Kier alpha value is -0.710. The van der Waals surface area contributed by atoms with Crippen LogP contribution in [-0.4, -0.2) is 22.8 Å². The minimum absolute atomic E-state index is 0.0193. The van der Waals surface area contributed by atoms with Crippen LogP contribution in [0.5, 0.6) is 0 Å². The van der Waals surface area contributed by atoms with Gasteiger partial charge in [-0.1, -0.05) is 27.2 Å². The van der Waals surface area contributed by atoms with Crippen LogP contribution in [0, 0.1) is 5.92 Å². The Morgan fingerprint density at radius 3 is 2.83 bits per heavy atom. The van der Waals surface area contributed by atoms with Gasteiger partial charge in [0.1, 0.15) is 5.82 Å². The maximum Gasteiger partial charge on any atom is 0.115 e. The van der Waals surface area contributed by atoms with E-state index < -0.39 is 0 Å². The van der Waals surface area contributed by atoms with Crippen LogP contribution in [0.25, 0.3) is 11.0 Å². The molecular weight excluding hydrogens is 340 g/mol. The molecule has 0 N–H and O–H groups in total. The highest BCUT2D eigenvalue weighted by Crippen LogP contribution is 2.32. The van der Waals surface area contributed by atoms with Crippen LogP contribution in [0.3, 0.4) is 0 Å². The van der Waals surface area contributed by atoms with E-state index >= 15 is 0 Å². The molecule has 0 spiro atoms. The van der Waals surface area contributed by atoms with E-state index in [0.29, 0.717) is 5.92 Å². The lowest BCUT2D eigenvalue weighted by Crippen LogP contribution is -2.23. The molecule has 0 radical (unpaired) electrons. The second-order valence-corrected chi connectivity index (χ2v) is 8.88. The summed E-state index contributed by atoms with van der Waals surface area (Å²) >= 11 is 0. The standard InChI is InChI=1S/C19H27ClN2OS/c1-19(2,3)18-21-16-12-15(24-20)7-8-17(16)22(18)13-14-6-4-5-10-23-11-9-14/h7-8,12,14H,4-6,9-11,13H2,1-3H3. The highest BCUT2D eigenvalue weighted by Gasteiger charge is 2.25. The molecule has 1 aromatic carbocycles.